The summed E-state index contributed by atoms with van der Waals surface area (Å²) in [6.07, 6.45) is 3.28. The molecule has 1 aromatic heterocycles. The van der Waals surface area contributed by atoms with Crippen molar-refractivity contribution in [3.63, 3.8) is 0 Å². The van der Waals surface area contributed by atoms with Gasteiger partial charge in [0.05, 0.1) is 17.1 Å². The van der Waals surface area contributed by atoms with Crippen LogP contribution < -0.4 is 11.1 Å². The predicted molar refractivity (Wildman–Crippen MR) is 151 cm³/mol. The fourth-order valence-electron chi connectivity index (χ4n) is 4.44. The third-order valence-corrected chi connectivity index (χ3v) is 6.84. The molecule has 1 aliphatic heterocycles. The van der Waals surface area contributed by atoms with E-state index in [9.17, 15) is 27.2 Å². The summed E-state index contributed by atoms with van der Waals surface area (Å²) in [5, 5.41) is 2.39. The number of carbonyl (C=O) groups is 2. The highest BCUT2D eigenvalue weighted by Gasteiger charge is 2.45. The Labute approximate surface area is 239 Å². The maximum Gasteiger partial charge on any atom is 0.410 e. The lowest BCUT2D eigenvalue weighted by atomic mass is 9.79. The summed E-state index contributed by atoms with van der Waals surface area (Å²) in [6.45, 7) is 8.87. The molecular weight excluding hydrogens is 540 g/mol. The number of anilines is 1. The minimum absolute atomic E-state index is 0.0389. The molecule has 2 unspecified atom stereocenters. The van der Waals surface area contributed by atoms with E-state index < -0.39 is 35.1 Å². The Balaban J connectivity index is 0.000000288. The third-order valence-electron chi connectivity index (χ3n) is 6.84. The molecule has 1 aliphatic carbocycles. The van der Waals surface area contributed by atoms with Gasteiger partial charge in [-0.1, -0.05) is 32.8 Å². The van der Waals surface area contributed by atoms with Gasteiger partial charge in [0.1, 0.15) is 11.4 Å². The van der Waals surface area contributed by atoms with Crippen LogP contribution in [0, 0.1) is 17.7 Å². The highest BCUT2D eigenvalue weighted by molar-refractivity contribution is 5.72. The van der Waals surface area contributed by atoms with Gasteiger partial charge in [-0.25, -0.2) is 9.18 Å². The van der Waals surface area contributed by atoms with E-state index in [2.05, 4.69) is 10.3 Å². The Morgan fingerprint density at radius 3 is 2.24 bits per heavy atom. The van der Waals surface area contributed by atoms with Gasteiger partial charge < -0.3 is 20.7 Å². The molecular formula is C30H42F4N4O3. The summed E-state index contributed by atoms with van der Waals surface area (Å²) >= 11 is 0. The third kappa shape index (κ3) is 10.3. The van der Waals surface area contributed by atoms with Crippen molar-refractivity contribution < 1.29 is 31.9 Å². The number of ether oxygens (including phenoxy) is 1. The minimum atomic E-state index is -4.23. The first kappa shape index (κ1) is 34.0. The predicted octanol–water partition coefficient (Wildman–Crippen LogP) is 7.01. The second-order valence-electron chi connectivity index (χ2n) is 11.1. The Bertz CT molecular complexity index is 1120. The number of alkyl halides is 3. The molecule has 11 heteroatoms. The van der Waals surface area contributed by atoms with Crippen molar-refractivity contribution in [3.05, 3.63) is 59.7 Å². The van der Waals surface area contributed by atoms with Crippen LogP contribution in [-0.4, -0.2) is 47.3 Å². The number of likely N-dealkylation sites (tertiary alicyclic amines) is 1. The van der Waals surface area contributed by atoms with Crippen molar-refractivity contribution in [2.24, 2.45) is 17.6 Å². The summed E-state index contributed by atoms with van der Waals surface area (Å²) in [4.78, 5) is 27.3. The summed E-state index contributed by atoms with van der Waals surface area (Å²) in [6, 6.07) is 8.45. The van der Waals surface area contributed by atoms with Gasteiger partial charge in [-0.3, -0.25) is 9.78 Å². The molecule has 2 fully saturated rings. The topological polar surface area (TPSA) is 97.6 Å². The Hall–Kier alpha value is -3.21. The van der Waals surface area contributed by atoms with Crippen molar-refractivity contribution >= 4 is 18.2 Å². The molecule has 228 valence electrons. The summed E-state index contributed by atoms with van der Waals surface area (Å²) < 4.78 is 55.9. The maximum absolute atomic E-state index is 13.8. The number of hydrogen-bond donors (Lipinski definition) is 2. The molecule has 7 nitrogen and oxygen atoms in total. The number of hydrogen-bond acceptors (Lipinski definition) is 5. The van der Waals surface area contributed by atoms with E-state index in [1.165, 1.54) is 18.9 Å². The maximum atomic E-state index is 13.8. The molecule has 2 aromatic rings. The molecule has 0 spiro atoms. The van der Waals surface area contributed by atoms with Crippen molar-refractivity contribution in [1.29, 1.82) is 0 Å². The van der Waals surface area contributed by atoms with Gasteiger partial charge in [0.15, 0.2) is 0 Å². The number of carbonyl (C=O) groups excluding carboxylic acids is 2. The van der Waals surface area contributed by atoms with Crippen LogP contribution in [0.5, 0.6) is 0 Å². The van der Waals surface area contributed by atoms with E-state index in [1.807, 2.05) is 26.0 Å². The Morgan fingerprint density at radius 2 is 1.73 bits per heavy atom. The SMILES string of the molecule is CC.CC(C)(C)OC(=O)N1CCC(C(F)(F)F)C1.NC(CCC1CC1)(c1ccncc1)c1ccc(F)c(NC=O)c1. The van der Waals surface area contributed by atoms with Crippen LogP contribution in [0.15, 0.2) is 42.7 Å². The van der Waals surface area contributed by atoms with Crippen LogP contribution in [0.3, 0.4) is 0 Å². The number of nitrogens with one attached hydrogen (secondary N) is 1. The van der Waals surface area contributed by atoms with Gasteiger partial charge in [0, 0.05) is 25.5 Å². The zero-order chi connectivity index (χ0) is 30.8. The molecule has 2 heterocycles. The molecule has 0 bridgehead atoms. The lowest BCUT2D eigenvalue weighted by Gasteiger charge is -2.31. The summed E-state index contributed by atoms with van der Waals surface area (Å²) in [5.41, 5.74) is 7.24. The van der Waals surface area contributed by atoms with Gasteiger partial charge in [-0.05, 0) is 81.3 Å². The highest BCUT2D eigenvalue weighted by atomic mass is 19.4. The number of amides is 2. The number of benzene rings is 1. The van der Waals surface area contributed by atoms with Crippen LogP contribution >= 0.6 is 0 Å². The average Bonchev–Trinajstić information content (AvgIpc) is 3.61. The van der Waals surface area contributed by atoms with Gasteiger partial charge in [-0.2, -0.15) is 13.2 Å². The number of rotatable bonds is 7. The van der Waals surface area contributed by atoms with Gasteiger partial charge in [0.25, 0.3) is 0 Å². The first-order valence-corrected chi connectivity index (χ1v) is 14.0. The standard InChI is InChI=1S/C18H20FN3O.C10H16F3NO2.C2H6/c19-16-4-3-15(11-17(16)22-12-23)18(20,8-5-13-1-2-13)14-6-9-21-10-7-14;1-9(2,3)16-8(15)14-5-4-7(6-14)10(11,12)13;1-2/h3-4,6-7,9-13H,1-2,5,8,20H2,(H,22,23);7H,4-6H2,1-3H3;1-2H3. The van der Waals surface area contributed by atoms with Gasteiger partial charge in [-0.15, -0.1) is 0 Å². The monoisotopic (exact) mass is 582 g/mol. The van der Waals surface area contributed by atoms with Gasteiger partial charge in [0.2, 0.25) is 6.41 Å². The molecule has 2 atom stereocenters. The average molecular weight is 583 g/mol. The van der Waals surface area contributed by atoms with E-state index in [1.54, 1.807) is 45.3 Å². The molecule has 2 amide bonds. The van der Waals surface area contributed by atoms with Crippen molar-refractivity contribution in [2.75, 3.05) is 18.4 Å². The highest BCUT2D eigenvalue weighted by Crippen LogP contribution is 2.40. The molecule has 1 saturated carbocycles. The number of pyridine rings is 1. The van der Waals surface area contributed by atoms with Crippen molar-refractivity contribution in [1.82, 2.24) is 9.88 Å². The van der Waals surface area contributed by atoms with Crippen molar-refractivity contribution in [2.45, 2.75) is 84.0 Å². The Morgan fingerprint density at radius 1 is 1.10 bits per heavy atom. The quantitative estimate of drug-likeness (QED) is 0.270. The fourth-order valence-corrected chi connectivity index (χ4v) is 4.44. The summed E-state index contributed by atoms with van der Waals surface area (Å²) in [5.74, 6) is -1.15. The van der Waals surface area contributed by atoms with E-state index in [0.717, 1.165) is 34.8 Å². The van der Waals surface area contributed by atoms with E-state index >= 15 is 0 Å². The normalized spacial score (nSPS) is 18.2. The number of nitrogens with zero attached hydrogens (tertiary/aromatic N) is 2. The van der Waals surface area contributed by atoms with Crippen LogP contribution in [-0.2, 0) is 15.1 Å². The fraction of sp³-hybridized carbons (Fsp3) is 0.567. The van der Waals surface area contributed by atoms with E-state index in [0.29, 0.717) is 6.41 Å². The molecule has 4 rings (SSSR count). The first-order chi connectivity index (χ1) is 19.2. The largest absolute Gasteiger partial charge is 0.444 e. The number of halogens is 4. The zero-order valence-corrected chi connectivity index (χ0v) is 24.4. The Kier molecular flexibility index (Phi) is 12.1. The van der Waals surface area contributed by atoms with Crippen LogP contribution in [0.1, 0.15) is 77.8 Å². The van der Waals surface area contributed by atoms with Crippen LogP contribution in [0.25, 0.3) is 0 Å². The van der Waals surface area contributed by atoms with Gasteiger partial charge >= 0.3 is 12.3 Å². The van der Waals surface area contributed by atoms with E-state index in [4.69, 9.17) is 10.5 Å². The van der Waals surface area contributed by atoms with Crippen LogP contribution in [0.4, 0.5) is 28.0 Å². The van der Waals surface area contributed by atoms with E-state index in [-0.39, 0.29) is 25.2 Å². The molecule has 2 aliphatic rings. The van der Waals surface area contributed by atoms with Crippen LogP contribution in [0.2, 0.25) is 0 Å². The molecule has 41 heavy (non-hydrogen) atoms. The lowest BCUT2D eigenvalue weighted by Crippen LogP contribution is -2.38. The van der Waals surface area contributed by atoms with Crippen molar-refractivity contribution in [3.8, 4) is 0 Å². The summed E-state index contributed by atoms with van der Waals surface area (Å²) in [7, 11) is 0. The second-order valence-corrected chi connectivity index (χ2v) is 11.1. The number of aromatic nitrogens is 1. The minimum Gasteiger partial charge on any atom is -0.444 e. The molecule has 3 N–H and O–H groups in total. The molecule has 1 aromatic carbocycles. The molecule has 1 saturated heterocycles. The number of nitrogens with two attached hydrogens (primary N) is 1. The smallest absolute Gasteiger partial charge is 0.410 e. The first-order valence-electron chi connectivity index (χ1n) is 14.0. The molecule has 0 radical (unpaired) electrons. The zero-order valence-electron chi connectivity index (χ0n) is 24.4. The lowest BCUT2D eigenvalue weighted by molar-refractivity contribution is -0.170. The second kappa shape index (κ2) is 14.6.